The molecule has 2 aromatic carbocycles. The molecule has 3 amide bonds. The molecule has 0 saturated heterocycles. The molecule has 0 N–H and O–H groups in total. The Hall–Kier alpha value is -2.04. The maximum Gasteiger partial charge on any atom is 0.331 e. The summed E-state index contributed by atoms with van der Waals surface area (Å²) >= 11 is 12.0. The summed E-state index contributed by atoms with van der Waals surface area (Å²) in [6.07, 6.45) is 0. The van der Waals surface area contributed by atoms with Gasteiger partial charge in [-0.3, -0.25) is 4.79 Å². The fraction of sp³-hybridized carbons (Fsp3) is 0.125. The molecule has 2 rings (SSSR count). The lowest BCUT2D eigenvalue weighted by molar-refractivity contribution is 0.0989. The first-order valence-electron chi connectivity index (χ1n) is 6.47. The summed E-state index contributed by atoms with van der Waals surface area (Å²) in [6, 6.07) is 12.7. The summed E-state index contributed by atoms with van der Waals surface area (Å²) in [7, 11) is 3.13. The molecule has 4 nitrogen and oxygen atoms in total. The van der Waals surface area contributed by atoms with Crippen LogP contribution in [-0.2, 0) is 0 Å². The number of imide groups is 1. The summed E-state index contributed by atoms with van der Waals surface area (Å²) in [4.78, 5) is 27.5. The van der Waals surface area contributed by atoms with Crippen molar-refractivity contribution in [3.8, 4) is 0 Å². The molecule has 22 heavy (non-hydrogen) atoms. The predicted molar refractivity (Wildman–Crippen MR) is 88.8 cm³/mol. The first-order chi connectivity index (χ1) is 10.4. The zero-order valence-corrected chi connectivity index (χ0v) is 13.6. The van der Waals surface area contributed by atoms with Gasteiger partial charge >= 0.3 is 6.03 Å². The van der Waals surface area contributed by atoms with Gasteiger partial charge in [-0.05, 0) is 30.3 Å². The Kier molecular flexibility index (Phi) is 5.06. The molecule has 0 heterocycles. The van der Waals surface area contributed by atoms with Crippen LogP contribution in [0.4, 0.5) is 10.5 Å². The molecular weight excluding hydrogens is 323 g/mol. The van der Waals surface area contributed by atoms with E-state index in [4.69, 9.17) is 23.2 Å². The van der Waals surface area contributed by atoms with Crippen LogP contribution in [0.25, 0.3) is 0 Å². The highest BCUT2D eigenvalue weighted by Gasteiger charge is 2.27. The van der Waals surface area contributed by atoms with Gasteiger partial charge < -0.3 is 4.90 Å². The molecule has 0 bridgehead atoms. The van der Waals surface area contributed by atoms with Crippen molar-refractivity contribution in [2.45, 2.75) is 0 Å². The predicted octanol–water partition coefficient (Wildman–Crippen LogP) is 4.32. The second kappa shape index (κ2) is 6.81. The second-order valence-electron chi connectivity index (χ2n) is 4.78. The van der Waals surface area contributed by atoms with Crippen molar-refractivity contribution in [2.24, 2.45) is 0 Å². The summed E-state index contributed by atoms with van der Waals surface area (Å²) in [5.74, 6) is -0.455. The van der Waals surface area contributed by atoms with Gasteiger partial charge in [-0.1, -0.05) is 41.4 Å². The van der Waals surface area contributed by atoms with Crippen molar-refractivity contribution >= 4 is 40.8 Å². The number of hydrogen-bond donors (Lipinski definition) is 0. The van der Waals surface area contributed by atoms with E-state index < -0.39 is 11.9 Å². The molecule has 0 aromatic heterocycles. The largest absolute Gasteiger partial charge is 0.331 e. The van der Waals surface area contributed by atoms with Crippen LogP contribution in [0.3, 0.4) is 0 Å². The van der Waals surface area contributed by atoms with E-state index in [9.17, 15) is 9.59 Å². The lowest BCUT2D eigenvalue weighted by atomic mass is 10.2. The van der Waals surface area contributed by atoms with Crippen LogP contribution in [0.1, 0.15) is 10.4 Å². The van der Waals surface area contributed by atoms with Gasteiger partial charge in [0.1, 0.15) is 0 Å². The number of carbonyl (C=O) groups is 2. The van der Waals surface area contributed by atoms with Crippen molar-refractivity contribution < 1.29 is 9.59 Å². The number of urea groups is 1. The first-order valence-corrected chi connectivity index (χ1v) is 7.23. The Balaban J connectivity index is 2.52. The van der Waals surface area contributed by atoms with Crippen LogP contribution < -0.4 is 4.90 Å². The molecule has 0 aliphatic heterocycles. The van der Waals surface area contributed by atoms with E-state index in [1.807, 2.05) is 0 Å². The quantitative estimate of drug-likeness (QED) is 0.819. The monoisotopic (exact) mass is 336 g/mol. The van der Waals surface area contributed by atoms with Crippen molar-refractivity contribution in [1.29, 1.82) is 0 Å². The van der Waals surface area contributed by atoms with E-state index in [0.29, 0.717) is 16.3 Å². The number of halogens is 2. The second-order valence-corrected chi connectivity index (χ2v) is 5.62. The maximum absolute atomic E-state index is 12.7. The van der Waals surface area contributed by atoms with E-state index in [1.165, 1.54) is 11.0 Å². The lowest BCUT2D eigenvalue weighted by Crippen LogP contribution is -2.43. The fourth-order valence-electron chi connectivity index (χ4n) is 1.87. The van der Waals surface area contributed by atoms with Crippen LogP contribution in [0, 0.1) is 0 Å². The zero-order chi connectivity index (χ0) is 16.3. The molecule has 0 radical (unpaired) electrons. The summed E-state index contributed by atoms with van der Waals surface area (Å²) < 4.78 is 0. The highest BCUT2D eigenvalue weighted by molar-refractivity contribution is 6.38. The van der Waals surface area contributed by atoms with Crippen LogP contribution >= 0.6 is 23.2 Å². The Labute approximate surface area is 138 Å². The van der Waals surface area contributed by atoms with Gasteiger partial charge in [-0.2, -0.15) is 0 Å². The Bertz CT molecular complexity index is 703. The molecule has 0 fully saturated rings. The Morgan fingerprint density at radius 2 is 1.59 bits per heavy atom. The van der Waals surface area contributed by atoms with Crippen molar-refractivity contribution in [3.05, 3.63) is 64.1 Å². The van der Waals surface area contributed by atoms with E-state index in [-0.39, 0.29) is 5.02 Å². The van der Waals surface area contributed by atoms with Gasteiger partial charge in [0.25, 0.3) is 5.91 Å². The van der Waals surface area contributed by atoms with Crippen LogP contribution in [0.15, 0.2) is 48.5 Å². The third-order valence-corrected chi connectivity index (χ3v) is 3.49. The average Bonchev–Trinajstić information content (AvgIpc) is 2.50. The minimum Gasteiger partial charge on any atom is -0.330 e. The summed E-state index contributed by atoms with van der Waals surface area (Å²) in [6.45, 7) is 0. The highest BCUT2D eigenvalue weighted by Crippen LogP contribution is 2.30. The molecule has 0 aliphatic carbocycles. The van der Waals surface area contributed by atoms with Gasteiger partial charge in [0.2, 0.25) is 0 Å². The number of amides is 3. The Morgan fingerprint density at radius 3 is 2.14 bits per heavy atom. The van der Waals surface area contributed by atoms with Gasteiger partial charge in [0, 0.05) is 24.7 Å². The maximum atomic E-state index is 12.7. The molecule has 0 atom stereocenters. The number of benzene rings is 2. The van der Waals surface area contributed by atoms with Crippen molar-refractivity contribution in [3.63, 3.8) is 0 Å². The summed E-state index contributed by atoms with van der Waals surface area (Å²) in [5, 5.41) is 0.658. The normalized spacial score (nSPS) is 10.2. The number of carbonyl (C=O) groups excluding carboxylic acids is 2. The minimum absolute atomic E-state index is 0.229. The van der Waals surface area contributed by atoms with Gasteiger partial charge in [-0.15, -0.1) is 0 Å². The van der Waals surface area contributed by atoms with E-state index in [0.717, 1.165) is 4.90 Å². The molecule has 0 unspecified atom stereocenters. The number of rotatable bonds is 2. The van der Waals surface area contributed by atoms with Crippen LogP contribution in [0.2, 0.25) is 10.0 Å². The number of nitrogens with zero attached hydrogens (tertiary/aromatic N) is 2. The van der Waals surface area contributed by atoms with Gasteiger partial charge in [-0.25, -0.2) is 9.69 Å². The van der Waals surface area contributed by atoms with Crippen molar-refractivity contribution in [2.75, 3.05) is 19.0 Å². The third kappa shape index (κ3) is 3.40. The van der Waals surface area contributed by atoms with Crippen LogP contribution in [-0.4, -0.2) is 30.9 Å². The number of anilines is 1. The highest BCUT2D eigenvalue weighted by atomic mass is 35.5. The molecule has 2 aromatic rings. The van der Waals surface area contributed by atoms with Crippen LogP contribution in [0.5, 0.6) is 0 Å². The molecular formula is C16H14Cl2N2O2. The molecule has 6 heteroatoms. The van der Waals surface area contributed by atoms with Crippen molar-refractivity contribution in [1.82, 2.24) is 4.90 Å². The standard InChI is InChI=1S/C16H14Cl2N2O2/c1-19(2)16(22)20(14-9-8-12(17)10-13(14)18)15(21)11-6-4-3-5-7-11/h3-10H,1-2H3. The third-order valence-electron chi connectivity index (χ3n) is 2.95. The average molecular weight is 337 g/mol. The smallest absolute Gasteiger partial charge is 0.330 e. The summed E-state index contributed by atoms with van der Waals surface area (Å²) in [5.41, 5.74) is 0.683. The van der Waals surface area contributed by atoms with E-state index in [1.54, 1.807) is 56.6 Å². The molecule has 0 spiro atoms. The van der Waals surface area contributed by atoms with E-state index in [2.05, 4.69) is 0 Å². The Morgan fingerprint density at radius 1 is 0.955 bits per heavy atom. The molecule has 0 aliphatic rings. The lowest BCUT2D eigenvalue weighted by Gasteiger charge is -2.25. The molecule has 114 valence electrons. The van der Waals surface area contributed by atoms with Gasteiger partial charge in [0.15, 0.2) is 0 Å². The minimum atomic E-state index is -0.488. The molecule has 0 saturated carbocycles. The fourth-order valence-corrected chi connectivity index (χ4v) is 2.36. The zero-order valence-electron chi connectivity index (χ0n) is 12.1. The van der Waals surface area contributed by atoms with E-state index >= 15 is 0 Å². The van der Waals surface area contributed by atoms with Gasteiger partial charge in [0.05, 0.1) is 10.7 Å². The SMILES string of the molecule is CN(C)C(=O)N(C(=O)c1ccccc1)c1ccc(Cl)cc1Cl. The topological polar surface area (TPSA) is 40.6 Å². The first kappa shape index (κ1) is 16.3. The number of hydrogen-bond acceptors (Lipinski definition) is 2.